The molecule has 0 aliphatic carbocycles. The lowest BCUT2D eigenvalue weighted by Gasteiger charge is -2.27. The van der Waals surface area contributed by atoms with Gasteiger partial charge in [0.15, 0.2) is 11.5 Å². The molecule has 3 aromatic carbocycles. The summed E-state index contributed by atoms with van der Waals surface area (Å²) in [6, 6.07) is 20.8. The van der Waals surface area contributed by atoms with Crippen LogP contribution in [0.2, 0.25) is 5.02 Å². The summed E-state index contributed by atoms with van der Waals surface area (Å²) in [6.45, 7) is 3.48. The molecule has 198 valence electrons. The largest absolute Gasteiger partial charge is 0.507 e. The van der Waals surface area contributed by atoms with Crippen LogP contribution in [-0.2, 0) is 16.2 Å². The van der Waals surface area contributed by atoms with Crippen LogP contribution in [0.4, 0.5) is 0 Å². The van der Waals surface area contributed by atoms with Crippen molar-refractivity contribution < 1.29 is 24.2 Å². The van der Waals surface area contributed by atoms with E-state index < -0.39 is 17.7 Å². The number of carbonyl (C=O) groups excluding carboxylic acids is 2. The van der Waals surface area contributed by atoms with E-state index in [1.807, 2.05) is 56.3 Å². The third-order valence-corrected chi connectivity index (χ3v) is 6.52. The molecule has 1 unspecified atom stereocenters. The zero-order valence-electron chi connectivity index (χ0n) is 21.7. The summed E-state index contributed by atoms with van der Waals surface area (Å²) in [5.41, 5.74) is 2.07. The molecule has 0 spiro atoms. The molecule has 3 aromatic rings. The van der Waals surface area contributed by atoms with Crippen molar-refractivity contribution in [3.05, 3.63) is 100 Å². The highest BCUT2D eigenvalue weighted by molar-refractivity contribution is 6.46. The van der Waals surface area contributed by atoms with Gasteiger partial charge in [-0.2, -0.15) is 0 Å². The summed E-state index contributed by atoms with van der Waals surface area (Å²) < 4.78 is 11.9. The molecule has 38 heavy (non-hydrogen) atoms. The fourth-order valence-electron chi connectivity index (χ4n) is 4.35. The third-order valence-electron chi connectivity index (χ3n) is 6.27. The second kappa shape index (κ2) is 12.2. The maximum absolute atomic E-state index is 13.3. The molecule has 1 amide bonds. The van der Waals surface area contributed by atoms with Crippen molar-refractivity contribution in [1.29, 1.82) is 0 Å². The average Bonchev–Trinajstić information content (AvgIpc) is 3.17. The number of ether oxygens (including phenoxy) is 2. The monoisotopic (exact) mass is 534 g/mol. The number of aliphatic hydroxyl groups excluding tert-OH is 1. The van der Waals surface area contributed by atoms with Gasteiger partial charge in [-0.25, -0.2) is 0 Å². The Morgan fingerprint density at radius 1 is 0.974 bits per heavy atom. The van der Waals surface area contributed by atoms with Gasteiger partial charge in [0.25, 0.3) is 11.7 Å². The minimum atomic E-state index is -0.798. The van der Waals surface area contributed by atoms with Gasteiger partial charge >= 0.3 is 0 Å². The number of amides is 1. The highest BCUT2D eigenvalue weighted by Crippen LogP contribution is 2.42. The van der Waals surface area contributed by atoms with Crippen LogP contribution >= 0.6 is 11.6 Å². The fraction of sp³-hybridized carbons (Fsp3) is 0.267. The van der Waals surface area contributed by atoms with Crippen molar-refractivity contribution in [2.75, 3.05) is 33.8 Å². The molecule has 0 radical (unpaired) electrons. The maximum Gasteiger partial charge on any atom is 0.295 e. The van der Waals surface area contributed by atoms with E-state index in [-0.39, 0.29) is 11.3 Å². The second-order valence-corrected chi connectivity index (χ2v) is 9.65. The minimum absolute atomic E-state index is 0.0245. The summed E-state index contributed by atoms with van der Waals surface area (Å²) in [5.74, 6) is -0.606. The van der Waals surface area contributed by atoms with Gasteiger partial charge in [-0.15, -0.1) is 0 Å². The Morgan fingerprint density at radius 3 is 2.34 bits per heavy atom. The number of likely N-dealkylation sites (N-methyl/N-ethyl adjacent to an activating group) is 1. The maximum atomic E-state index is 13.3. The lowest BCUT2D eigenvalue weighted by molar-refractivity contribution is -0.140. The van der Waals surface area contributed by atoms with Crippen LogP contribution in [0.3, 0.4) is 0 Å². The lowest BCUT2D eigenvalue weighted by atomic mass is 9.95. The molecule has 0 bridgehead atoms. The van der Waals surface area contributed by atoms with Gasteiger partial charge in [0.1, 0.15) is 12.4 Å². The van der Waals surface area contributed by atoms with E-state index in [9.17, 15) is 14.7 Å². The van der Waals surface area contributed by atoms with E-state index in [1.54, 1.807) is 42.5 Å². The van der Waals surface area contributed by atoms with Crippen LogP contribution in [0.15, 0.2) is 78.4 Å². The smallest absolute Gasteiger partial charge is 0.295 e. The van der Waals surface area contributed by atoms with Crippen LogP contribution in [0.5, 0.6) is 11.5 Å². The SMILES string of the molecule is CCOc1cc(C2/C(=C(\O)c3ccc(Cl)cc3)C(=O)C(=O)N2CCN(C)C)ccc1OCc1ccccc1. The van der Waals surface area contributed by atoms with Crippen LogP contribution in [0.1, 0.15) is 29.7 Å². The van der Waals surface area contributed by atoms with Gasteiger partial charge in [-0.05, 0) is 68.5 Å². The van der Waals surface area contributed by atoms with Crippen LogP contribution < -0.4 is 9.47 Å². The van der Waals surface area contributed by atoms with Gasteiger partial charge in [-0.1, -0.05) is 48.0 Å². The first-order valence-corrected chi connectivity index (χ1v) is 12.8. The van der Waals surface area contributed by atoms with Crippen LogP contribution in [-0.4, -0.2) is 60.4 Å². The number of carbonyl (C=O) groups is 2. The standard InChI is InChI=1S/C30H31ClN2O5/c1-4-37-25-18-22(12-15-24(25)38-19-20-8-6-5-7-9-20)27-26(28(34)21-10-13-23(31)14-11-21)29(35)30(36)33(27)17-16-32(2)3/h5-15,18,27,34H,4,16-17,19H2,1-3H3/b28-26+. The van der Waals surface area contributed by atoms with E-state index in [2.05, 4.69) is 0 Å². The number of likely N-dealkylation sites (tertiary alicyclic amines) is 1. The van der Waals surface area contributed by atoms with E-state index in [4.69, 9.17) is 21.1 Å². The van der Waals surface area contributed by atoms with Crippen molar-refractivity contribution in [2.24, 2.45) is 0 Å². The normalized spacial score (nSPS) is 16.8. The molecule has 1 aliphatic heterocycles. The highest BCUT2D eigenvalue weighted by atomic mass is 35.5. The summed E-state index contributed by atoms with van der Waals surface area (Å²) in [4.78, 5) is 29.9. The Morgan fingerprint density at radius 2 is 1.68 bits per heavy atom. The van der Waals surface area contributed by atoms with Crippen LogP contribution in [0, 0.1) is 0 Å². The Kier molecular flexibility index (Phi) is 8.71. The van der Waals surface area contributed by atoms with Crippen molar-refractivity contribution in [1.82, 2.24) is 9.80 Å². The highest BCUT2D eigenvalue weighted by Gasteiger charge is 2.46. The lowest BCUT2D eigenvalue weighted by Crippen LogP contribution is -2.35. The van der Waals surface area contributed by atoms with Crippen molar-refractivity contribution in [3.8, 4) is 11.5 Å². The zero-order valence-corrected chi connectivity index (χ0v) is 22.4. The van der Waals surface area contributed by atoms with Crippen LogP contribution in [0.25, 0.3) is 5.76 Å². The molecule has 7 nitrogen and oxygen atoms in total. The summed E-state index contributed by atoms with van der Waals surface area (Å²) >= 11 is 6.02. The number of hydrogen-bond acceptors (Lipinski definition) is 6. The number of ketones is 1. The molecule has 8 heteroatoms. The Bertz CT molecular complexity index is 1320. The molecule has 1 aliphatic rings. The fourth-order valence-corrected chi connectivity index (χ4v) is 4.47. The number of aliphatic hydroxyl groups is 1. The van der Waals surface area contributed by atoms with E-state index in [0.29, 0.717) is 54.0 Å². The summed E-state index contributed by atoms with van der Waals surface area (Å²) in [6.07, 6.45) is 0. The molecular formula is C30H31ClN2O5. The van der Waals surface area contributed by atoms with Crippen molar-refractivity contribution in [2.45, 2.75) is 19.6 Å². The summed E-state index contributed by atoms with van der Waals surface area (Å²) in [5, 5.41) is 11.7. The van der Waals surface area contributed by atoms with E-state index in [0.717, 1.165) is 5.56 Å². The molecule has 0 saturated carbocycles. The molecule has 1 fully saturated rings. The first kappa shape index (κ1) is 27.2. The third kappa shape index (κ3) is 6.01. The van der Waals surface area contributed by atoms with Gasteiger partial charge in [-0.3, -0.25) is 9.59 Å². The molecule has 4 rings (SSSR count). The first-order valence-electron chi connectivity index (χ1n) is 12.4. The first-order chi connectivity index (χ1) is 18.3. The number of rotatable bonds is 10. The van der Waals surface area contributed by atoms with E-state index >= 15 is 0 Å². The minimum Gasteiger partial charge on any atom is -0.507 e. The van der Waals surface area contributed by atoms with Gasteiger partial charge in [0, 0.05) is 23.7 Å². The zero-order chi connectivity index (χ0) is 27.2. The summed E-state index contributed by atoms with van der Waals surface area (Å²) in [7, 11) is 3.79. The van der Waals surface area contributed by atoms with Crippen molar-refractivity contribution in [3.63, 3.8) is 0 Å². The Labute approximate surface area is 227 Å². The Balaban J connectivity index is 1.77. The number of hydrogen-bond donors (Lipinski definition) is 1. The van der Waals surface area contributed by atoms with Gasteiger partial charge < -0.3 is 24.4 Å². The number of nitrogens with zero attached hydrogens (tertiary/aromatic N) is 2. The second-order valence-electron chi connectivity index (χ2n) is 9.22. The molecule has 1 heterocycles. The number of benzene rings is 3. The quantitative estimate of drug-likeness (QED) is 0.216. The molecular weight excluding hydrogens is 504 g/mol. The topological polar surface area (TPSA) is 79.3 Å². The average molecular weight is 535 g/mol. The number of Topliss-reactive ketones (excluding diaryl/α,β-unsaturated/α-hetero) is 1. The van der Waals surface area contributed by atoms with Gasteiger partial charge in [0.05, 0.1) is 18.2 Å². The number of halogens is 1. The Hall–Kier alpha value is -3.81. The van der Waals surface area contributed by atoms with E-state index in [1.165, 1.54) is 4.90 Å². The predicted molar refractivity (Wildman–Crippen MR) is 147 cm³/mol. The van der Waals surface area contributed by atoms with Crippen molar-refractivity contribution >= 4 is 29.1 Å². The van der Waals surface area contributed by atoms with Gasteiger partial charge in [0.2, 0.25) is 0 Å². The molecule has 1 atom stereocenters. The molecule has 1 saturated heterocycles. The predicted octanol–water partition coefficient (Wildman–Crippen LogP) is 5.30. The molecule has 1 N–H and O–H groups in total. The molecule has 0 aromatic heterocycles.